The summed E-state index contributed by atoms with van der Waals surface area (Å²) in [4.78, 5) is 3.91. The molecule has 2 N–H and O–H groups in total. The molecule has 0 aliphatic carbocycles. The van der Waals surface area contributed by atoms with Crippen LogP contribution in [0.4, 0.5) is 0 Å². The van der Waals surface area contributed by atoms with Crippen LogP contribution in [0.25, 0.3) is 0 Å². The van der Waals surface area contributed by atoms with Gasteiger partial charge in [0.2, 0.25) is 0 Å². The number of nitrogens with zero attached hydrogens (tertiary/aromatic N) is 1. The zero-order valence-corrected chi connectivity index (χ0v) is 11.8. The van der Waals surface area contributed by atoms with Crippen molar-refractivity contribution >= 4 is 47.8 Å². The topological polar surface area (TPSA) is 53.4 Å². The van der Waals surface area contributed by atoms with Gasteiger partial charge < -0.3 is 10.2 Å². The monoisotopic (exact) mass is 387 g/mol. The van der Waals surface area contributed by atoms with Gasteiger partial charge in [0.05, 0.1) is 6.10 Å². The number of alkyl halides is 1. The highest BCUT2D eigenvalue weighted by molar-refractivity contribution is 9.11. The molecule has 78 valence electrons. The second kappa shape index (κ2) is 5.55. The fourth-order valence-corrected chi connectivity index (χ4v) is 2.73. The first kappa shape index (κ1) is 12.6. The highest BCUT2D eigenvalue weighted by Gasteiger charge is 2.22. The summed E-state index contributed by atoms with van der Waals surface area (Å²) < 4.78 is 1.33. The molecule has 1 aromatic rings. The summed E-state index contributed by atoms with van der Waals surface area (Å²) in [5, 5.41) is 19.6. The molecule has 3 nitrogen and oxygen atoms in total. The van der Waals surface area contributed by atoms with Crippen molar-refractivity contribution in [1.82, 2.24) is 4.98 Å². The lowest BCUT2D eigenvalue weighted by Crippen LogP contribution is -2.20. The van der Waals surface area contributed by atoms with E-state index in [1.807, 2.05) is 0 Å². The Balaban J connectivity index is 3.05. The third-order valence-corrected chi connectivity index (χ3v) is 3.64. The lowest BCUT2D eigenvalue weighted by molar-refractivity contribution is 0.0333. The molecular formula is C8H8Br3NO2. The lowest BCUT2D eigenvalue weighted by Gasteiger charge is -2.18. The molecule has 0 aromatic carbocycles. The fraction of sp³-hybridized carbons (Fsp3) is 0.375. The van der Waals surface area contributed by atoms with Crippen molar-refractivity contribution in [3.8, 4) is 0 Å². The molecule has 0 spiro atoms. The smallest absolute Gasteiger partial charge is 0.108 e. The summed E-state index contributed by atoms with van der Waals surface area (Å²) in [6, 6.07) is 0. The quantitative estimate of drug-likeness (QED) is 0.780. The molecule has 0 aliphatic heterocycles. The molecule has 1 heterocycles. The predicted molar refractivity (Wildman–Crippen MR) is 64.4 cm³/mol. The van der Waals surface area contributed by atoms with E-state index < -0.39 is 12.2 Å². The van der Waals surface area contributed by atoms with Gasteiger partial charge in [0, 0.05) is 32.2 Å². The predicted octanol–water partition coefficient (Wildman–Crippen LogP) is 2.40. The second-order valence-electron chi connectivity index (χ2n) is 2.68. The van der Waals surface area contributed by atoms with Crippen LogP contribution in [-0.2, 0) is 0 Å². The van der Waals surface area contributed by atoms with E-state index in [1.54, 1.807) is 12.4 Å². The summed E-state index contributed by atoms with van der Waals surface area (Å²) in [5.74, 6) is 0. The zero-order chi connectivity index (χ0) is 10.7. The van der Waals surface area contributed by atoms with Crippen LogP contribution >= 0.6 is 47.8 Å². The van der Waals surface area contributed by atoms with Gasteiger partial charge >= 0.3 is 0 Å². The minimum absolute atomic E-state index is 0.315. The Labute approximate surface area is 107 Å². The van der Waals surface area contributed by atoms with Crippen molar-refractivity contribution in [1.29, 1.82) is 0 Å². The highest BCUT2D eigenvalue weighted by atomic mass is 79.9. The van der Waals surface area contributed by atoms with Gasteiger partial charge in [0.15, 0.2) is 0 Å². The molecule has 6 heteroatoms. The van der Waals surface area contributed by atoms with Crippen LogP contribution in [0.1, 0.15) is 11.7 Å². The van der Waals surface area contributed by atoms with Gasteiger partial charge in [0.1, 0.15) is 6.10 Å². The van der Waals surface area contributed by atoms with Crippen LogP contribution in [0, 0.1) is 0 Å². The summed E-state index contributed by atoms with van der Waals surface area (Å²) >= 11 is 9.64. The molecule has 0 saturated heterocycles. The molecule has 0 radical (unpaired) electrons. The number of hydrogen-bond acceptors (Lipinski definition) is 3. The Kier molecular flexibility index (Phi) is 4.99. The minimum atomic E-state index is -0.943. The van der Waals surface area contributed by atoms with Crippen molar-refractivity contribution in [3.63, 3.8) is 0 Å². The Hall–Kier alpha value is 0.510. The molecule has 2 unspecified atom stereocenters. The van der Waals surface area contributed by atoms with Crippen LogP contribution in [0.2, 0.25) is 0 Å². The Morgan fingerprint density at radius 3 is 2.14 bits per heavy atom. The Bertz CT molecular complexity index is 301. The van der Waals surface area contributed by atoms with Gasteiger partial charge in [-0.05, 0) is 31.9 Å². The maximum atomic E-state index is 9.78. The number of rotatable bonds is 3. The van der Waals surface area contributed by atoms with Crippen LogP contribution in [-0.4, -0.2) is 26.6 Å². The SMILES string of the molecule is OC(CBr)C(O)c1c(Br)cncc1Br. The van der Waals surface area contributed by atoms with Gasteiger partial charge in [-0.1, -0.05) is 15.9 Å². The van der Waals surface area contributed by atoms with E-state index in [0.717, 1.165) is 0 Å². The van der Waals surface area contributed by atoms with E-state index in [1.165, 1.54) is 0 Å². The normalized spacial score (nSPS) is 15.2. The van der Waals surface area contributed by atoms with Crippen molar-refractivity contribution < 1.29 is 10.2 Å². The molecule has 0 saturated carbocycles. The van der Waals surface area contributed by atoms with Crippen LogP contribution in [0.3, 0.4) is 0 Å². The van der Waals surface area contributed by atoms with Crippen LogP contribution < -0.4 is 0 Å². The molecule has 0 bridgehead atoms. The standard InChI is InChI=1S/C8H8Br3NO2/c9-1-6(13)8(14)7-4(10)2-12-3-5(7)11/h2-3,6,8,13-14H,1H2. The van der Waals surface area contributed by atoms with Crippen LogP contribution in [0.15, 0.2) is 21.3 Å². The molecule has 0 fully saturated rings. The first-order chi connectivity index (χ1) is 6.57. The molecule has 0 aliphatic rings. The van der Waals surface area contributed by atoms with Gasteiger partial charge in [-0.25, -0.2) is 0 Å². The maximum absolute atomic E-state index is 9.78. The van der Waals surface area contributed by atoms with Gasteiger partial charge in [-0.3, -0.25) is 4.98 Å². The van der Waals surface area contributed by atoms with E-state index >= 15 is 0 Å². The minimum Gasteiger partial charge on any atom is -0.389 e. The summed E-state index contributed by atoms with van der Waals surface area (Å²) in [6.45, 7) is 0. The first-order valence-corrected chi connectivity index (χ1v) is 6.49. The highest BCUT2D eigenvalue weighted by Crippen LogP contribution is 2.31. The third kappa shape index (κ3) is 2.76. The maximum Gasteiger partial charge on any atom is 0.108 e. The van der Waals surface area contributed by atoms with Gasteiger partial charge in [-0.15, -0.1) is 0 Å². The van der Waals surface area contributed by atoms with Crippen molar-refractivity contribution in [2.75, 3.05) is 5.33 Å². The van der Waals surface area contributed by atoms with Gasteiger partial charge in [0.25, 0.3) is 0 Å². The zero-order valence-electron chi connectivity index (χ0n) is 6.99. The lowest BCUT2D eigenvalue weighted by atomic mass is 10.1. The largest absolute Gasteiger partial charge is 0.389 e. The number of halogens is 3. The Morgan fingerprint density at radius 1 is 1.21 bits per heavy atom. The molecule has 1 rings (SSSR count). The second-order valence-corrected chi connectivity index (χ2v) is 5.04. The van der Waals surface area contributed by atoms with Crippen LogP contribution in [0.5, 0.6) is 0 Å². The first-order valence-electron chi connectivity index (χ1n) is 3.79. The summed E-state index contributed by atoms with van der Waals surface area (Å²) in [7, 11) is 0. The molecule has 0 amide bonds. The number of aliphatic hydroxyl groups excluding tert-OH is 2. The van der Waals surface area contributed by atoms with Gasteiger partial charge in [-0.2, -0.15) is 0 Å². The number of aromatic nitrogens is 1. The molecule has 2 atom stereocenters. The summed E-state index contributed by atoms with van der Waals surface area (Å²) in [5.41, 5.74) is 0.604. The number of hydrogen-bond donors (Lipinski definition) is 2. The van der Waals surface area contributed by atoms with Crippen molar-refractivity contribution in [2.24, 2.45) is 0 Å². The molecule has 14 heavy (non-hydrogen) atoms. The van der Waals surface area contributed by atoms with Crippen molar-refractivity contribution in [3.05, 3.63) is 26.9 Å². The van der Waals surface area contributed by atoms with E-state index in [2.05, 4.69) is 52.8 Å². The number of pyridine rings is 1. The molecular weight excluding hydrogens is 382 g/mol. The van der Waals surface area contributed by atoms with E-state index in [-0.39, 0.29) is 0 Å². The molecule has 1 aromatic heterocycles. The van der Waals surface area contributed by atoms with E-state index in [4.69, 9.17) is 0 Å². The average molecular weight is 390 g/mol. The van der Waals surface area contributed by atoms with E-state index in [9.17, 15) is 10.2 Å². The third-order valence-electron chi connectivity index (χ3n) is 1.71. The fourth-order valence-electron chi connectivity index (χ4n) is 0.981. The average Bonchev–Trinajstić information content (AvgIpc) is 2.16. The Morgan fingerprint density at radius 2 is 1.71 bits per heavy atom. The summed E-state index contributed by atoms with van der Waals surface area (Å²) in [6.07, 6.45) is 1.36. The van der Waals surface area contributed by atoms with E-state index in [0.29, 0.717) is 19.8 Å². The van der Waals surface area contributed by atoms with Crippen molar-refractivity contribution in [2.45, 2.75) is 12.2 Å². The number of aliphatic hydroxyl groups is 2.